The maximum absolute atomic E-state index is 11.9. The third-order valence-electron chi connectivity index (χ3n) is 6.97. The lowest BCUT2D eigenvalue weighted by atomic mass is 9.90. The van der Waals surface area contributed by atoms with E-state index in [1.165, 1.54) is 21.5 Å². The second-order valence-corrected chi connectivity index (χ2v) is 22.2. The van der Waals surface area contributed by atoms with Crippen molar-refractivity contribution < 1.29 is 10.2 Å². The molecule has 0 bridgehead atoms. The molecule has 0 saturated heterocycles. The summed E-state index contributed by atoms with van der Waals surface area (Å²) in [6.07, 6.45) is 5.06. The van der Waals surface area contributed by atoms with Crippen molar-refractivity contribution in [2.75, 3.05) is 0 Å². The summed E-state index contributed by atoms with van der Waals surface area (Å²) in [5, 5.41) is 26.3. The van der Waals surface area contributed by atoms with Gasteiger partial charge in [0.1, 0.15) is 0 Å². The smallest absolute Gasteiger partial charge is 0.0971 e. The van der Waals surface area contributed by atoms with Crippen molar-refractivity contribution >= 4 is 16.1 Å². The Hall–Kier alpha value is -1.73. The van der Waals surface area contributed by atoms with Crippen molar-refractivity contribution in [1.29, 1.82) is 0 Å². The highest BCUT2D eigenvalue weighted by atomic mass is 28.3. The second kappa shape index (κ2) is 13.7. The fourth-order valence-electron chi connectivity index (χ4n) is 5.26. The van der Waals surface area contributed by atoms with Crippen LogP contribution in [0.2, 0.25) is 39.3 Å². The number of rotatable bonds is 13. The summed E-state index contributed by atoms with van der Waals surface area (Å²) < 4.78 is 0. The van der Waals surface area contributed by atoms with Crippen LogP contribution in [-0.4, -0.2) is 26.4 Å². The quantitative estimate of drug-likeness (QED) is 0.203. The lowest BCUT2D eigenvalue weighted by molar-refractivity contribution is 0.218. The standard InChI is InChI=1S/C32H50O2Si2/c1-9-11-23-27(31(35(3,4)5)29(33)25-19-15-13-16-20-25)28(24-12-10-2)32(36(6,7)8)30(34)26-21-17-14-18-22-26/h13-22,29-30,33-34H,9-12,23-24H2,1-8H3/b31-27+,32-28+. The maximum Gasteiger partial charge on any atom is 0.0971 e. The first-order chi connectivity index (χ1) is 16.9. The maximum atomic E-state index is 11.9. The number of benzene rings is 2. The lowest BCUT2D eigenvalue weighted by Gasteiger charge is -2.36. The van der Waals surface area contributed by atoms with Gasteiger partial charge in [0.15, 0.2) is 0 Å². The first kappa shape index (κ1) is 30.5. The minimum atomic E-state index is -1.94. The Bertz CT molecular complexity index is 912. The summed E-state index contributed by atoms with van der Waals surface area (Å²) in [5.41, 5.74) is 4.62. The van der Waals surface area contributed by atoms with E-state index in [0.29, 0.717) is 0 Å². The Balaban J connectivity index is 2.98. The molecule has 0 saturated carbocycles. The van der Waals surface area contributed by atoms with Gasteiger partial charge >= 0.3 is 0 Å². The van der Waals surface area contributed by atoms with Crippen molar-refractivity contribution in [3.05, 3.63) is 93.3 Å². The Morgan fingerprint density at radius 3 is 1.14 bits per heavy atom. The zero-order chi connectivity index (χ0) is 26.9. The number of aliphatic hydroxyl groups is 2. The van der Waals surface area contributed by atoms with E-state index < -0.39 is 28.4 Å². The molecule has 2 rings (SSSR count). The predicted molar refractivity (Wildman–Crippen MR) is 163 cm³/mol. The Labute approximate surface area is 223 Å². The molecule has 0 aromatic heterocycles. The van der Waals surface area contributed by atoms with Crippen LogP contribution < -0.4 is 0 Å². The van der Waals surface area contributed by atoms with Gasteiger partial charge in [0.2, 0.25) is 0 Å². The molecular weight excluding hydrogens is 473 g/mol. The molecule has 198 valence electrons. The highest BCUT2D eigenvalue weighted by Gasteiger charge is 2.35. The average molecular weight is 523 g/mol. The van der Waals surface area contributed by atoms with E-state index in [0.717, 1.165) is 49.7 Å². The van der Waals surface area contributed by atoms with Crippen LogP contribution in [0.3, 0.4) is 0 Å². The first-order valence-electron chi connectivity index (χ1n) is 13.9. The highest BCUT2D eigenvalue weighted by Crippen LogP contribution is 2.43. The molecular formula is C32H50O2Si2. The van der Waals surface area contributed by atoms with E-state index in [4.69, 9.17) is 0 Å². The molecule has 36 heavy (non-hydrogen) atoms. The molecule has 4 heteroatoms. The number of aliphatic hydroxyl groups excluding tert-OH is 2. The molecule has 0 aliphatic rings. The fourth-order valence-corrected chi connectivity index (χ4v) is 9.60. The molecule has 2 aromatic rings. The van der Waals surface area contributed by atoms with Gasteiger partial charge in [-0.15, -0.1) is 0 Å². The molecule has 2 unspecified atom stereocenters. The van der Waals surface area contributed by atoms with Crippen LogP contribution in [0.15, 0.2) is 82.2 Å². The summed E-state index contributed by atoms with van der Waals surface area (Å²) in [6.45, 7) is 18.7. The van der Waals surface area contributed by atoms with Crippen LogP contribution in [-0.2, 0) is 0 Å². The van der Waals surface area contributed by atoms with Crippen LogP contribution in [0.4, 0.5) is 0 Å². The fraction of sp³-hybridized carbons (Fsp3) is 0.500. The molecule has 0 spiro atoms. The summed E-state index contributed by atoms with van der Waals surface area (Å²) in [6, 6.07) is 20.3. The van der Waals surface area contributed by atoms with Crippen molar-refractivity contribution in [3.63, 3.8) is 0 Å². The van der Waals surface area contributed by atoms with E-state index in [-0.39, 0.29) is 0 Å². The van der Waals surface area contributed by atoms with E-state index in [2.05, 4.69) is 77.4 Å². The van der Waals surface area contributed by atoms with E-state index in [1.807, 2.05) is 36.4 Å². The summed E-state index contributed by atoms with van der Waals surface area (Å²) >= 11 is 0. The summed E-state index contributed by atoms with van der Waals surface area (Å²) in [7, 11) is -3.87. The monoisotopic (exact) mass is 522 g/mol. The third-order valence-corrected chi connectivity index (χ3v) is 11.4. The normalized spacial score (nSPS) is 15.7. The van der Waals surface area contributed by atoms with Gasteiger partial charge in [0.05, 0.1) is 28.4 Å². The van der Waals surface area contributed by atoms with Gasteiger partial charge in [0.25, 0.3) is 0 Å². The van der Waals surface area contributed by atoms with Gasteiger partial charge in [-0.25, -0.2) is 0 Å². The van der Waals surface area contributed by atoms with Crippen LogP contribution >= 0.6 is 0 Å². The molecule has 0 heterocycles. The molecule has 2 atom stereocenters. The number of unbranched alkanes of at least 4 members (excludes halogenated alkanes) is 2. The minimum Gasteiger partial charge on any atom is -0.384 e. The topological polar surface area (TPSA) is 40.5 Å². The van der Waals surface area contributed by atoms with E-state index >= 15 is 0 Å². The van der Waals surface area contributed by atoms with Crippen LogP contribution in [0.1, 0.15) is 75.7 Å². The molecule has 0 fully saturated rings. The van der Waals surface area contributed by atoms with E-state index in [1.54, 1.807) is 0 Å². The number of hydrogen-bond donors (Lipinski definition) is 2. The number of hydrogen-bond acceptors (Lipinski definition) is 2. The zero-order valence-electron chi connectivity index (χ0n) is 24.1. The van der Waals surface area contributed by atoms with E-state index in [9.17, 15) is 10.2 Å². The molecule has 0 amide bonds. The molecule has 0 aliphatic carbocycles. The average Bonchev–Trinajstić information content (AvgIpc) is 2.83. The molecule has 2 aromatic carbocycles. The van der Waals surface area contributed by atoms with Crippen molar-refractivity contribution in [1.82, 2.24) is 0 Å². The largest absolute Gasteiger partial charge is 0.384 e. The van der Waals surface area contributed by atoms with Crippen molar-refractivity contribution in [2.24, 2.45) is 0 Å². The lowest BCUT2D eigenvalue weighted by Crippen LogP contribution is -2.33. The van der Waals surface area contributed by atoms with Crippen molar-refractivity contribution in [2.45, 2.75) is 104 Å². The Kier molecular flexibility index (Phi) is 11.6. The van der Waals surface area contributed by atoms with Gasteiger partial charge in [0, 0.05) is 0 Å². The van der Waals surface area contributed by atoms with Gasteiger partial charge in [-0.3, -0.25) is 0 Å². The molecule has 2 N–H and O–H groups in total. The Morgan fingerprint density at radius 2 is 0.889 bits per heavy atom. The predicted octanol–water partition coefficient (Wildman–Crippen LogP) is 9.18. The zero-order valence-corrected chi connectivity index (χ0v) is 26.1. The molecule has 0 aliphatic heterocycles. The summed E-state index contributed by atoms with van der Waals surface area (Å²) in [4.78, 5) is 0. The first-order valence-corrected chi connectivity index (χ1v) is 20.9. The second-order valence-electron chi connectivity index (χ2n) is 12.1. The van der Waals surface area contributed by atoms with Gasteiger partial charge in [-0.1, -0.05) is 127 Å². The van der Waals surface area contributed by atoms with Crippen LogP contribution in [0, 0.1) is 0 Å². The minimum absolute atomic E-state index is 0.613. The van der Waals surface area contributed by atoms with Gasteiger partial charge < -0.3 is 10.2 Å². The SMILES string of the molecule is CCCCC(/C(CCCC)=C(\C(O)c1ccccc1)[Si](C)(C)C)=C(/C(O)c1ccccc1)[Si](C)(C)C. The van der Waals surface area contributed by atoms with Gasteiger partial charge in [-0.05, 0) is 58.3 Å². The Morgan fingerprint density at radius 1 is 0.583 bits per heavy atom. The molecule has 2 nitrogen and oxygen atoms in total. The van der Waals surface area contributed by atoms with Crippen molar-refractivity contribution in [3.8, 4) is 0 Å². The van der Waals surface area contributed by atoms with Crippen LogP contribution in [0.5, 0.6) is 0 Å². The number of allylic oxidation sites excluding steroid dienone is 2. The van der Waals surface area contributed by atoms with Gasteiger partial charge in [-0.2, -0.15) is 0 Å². The third kappa shape index (κ3) is 8.14. The summed E-state index contributed by atoms with van der Waals surface area (Å²) in [5.74, 6) is 0. The van der Waals surface area contributed by atoms with Crippen LogP contribution in [0.25, 0.3) is 0 Å². The highest BCUT2D eigenvalue weighted by molar-refractivity contribution is 6.84. The molecule has 0 radical (unpaired) electrons.